The van der Waals surface area contributed by atoms with Gasteiger partial charge in [-0.3, -0.25) is 4.79 Å². The van der Waals surface area contributed by atoms with Gasteiger partial charge in [0.1, 0.15) is 0 Å². The van der Waals surface area contributed by atoms with Crippen LogP contribution in [-0.4, -0.2) is 29.2 Å². The zero-order valence-electron chi connectivity index (χ0n) is 13.7. The monoisotopic (exact) mass is 286 g/mol. The number of hydrogen-bond acceptors (Lipinski definition) is 2. The molecule has 0 aliphatic heterocycles. The molecular formula is C15H30N2O3. The fraction of sp³-hybridized carbons (Fsp3) is 0.867. The van der Waals surface area contributed by atoms with Crippen molar-refractivity contribution in [2.24, 2.45) is 11.3 Å². The maximum absolute atomic E-state index is 11.6. The number of urea groups is 1. The summed E-state index contributed by atoms with van der Waals surface area (Å²) < 4.78 is 0. The van der Waals surface area contributed by atoms with E-state index >= 15 is 0 Å². The average Bonchev–Trinajstić information content (AvgIpc) is 2.17. The number of nitrogens with one attached hydrogen (secondary N) is 2. The van der Waals surface area contributed by atoms with Crippen LogP contribution in [0.4, 0.5) is 4.79 Å². The molecule has 20 heavy (non-hydrogen) atoms. The molecule has 1 atom stereocenters. The fourth-order valence-electron chi connectivity index (χ4n) is 2.05. The third-order valence-electron chi connectivity index (χ3n) is 3.20. The van der Waals surface area contributed by atoms with Crippen molar-refractivity contribution in [3.63, 3.8) is 0 Å². The Kier molecular flexibility index (Phi) is 7.03. The maximum Gasteiger partial charge on any atom is 0.315 e. The summed E-state index contributed by atoms with van der Waals surface area (Å²) in [4.78, 5) is 22.3. The molecule has 0 aromatic rings. The Labute approximate surface area is 122 Å². The van der Waals surface area contributed by atoms with Gasteiger partial charge in [-0.2, -0.15) is 0 Å². The molecule has 0 aromatic carbocycles. The quantitative estimate of drug-likeness (QED) is 0.702. The second kappa shape index (κ2) is 7.50. The highest BCUT2D eigenvalue weighted by atomic mass is 16.4. The van der Waals surface area contributed by atoms with Crippen molar-refractivity contribution in [2.45, 2.75) is 66.3 Å². The second-order valence-corrected chi connectivity index (χ2v) is 7.41. The molecule has 0 radical (unpaired) electrons. The number of carbonyl (C=O) groups excluding carboxylic acids is 1. The van der Waals surface area contributed by atoms with E-state index in [0.717, 1.165) is 6.42 Å². The van der Waals surface area contributed by atoms with Gasteiger partial charge < -0.3 is 15.7 Å². The predicted octanol–water partition coefficient (Wildman–Crippen LogP) is 3.00. The standard InChI is InChI=1S/C15H30N2O3/c1-14(2,3)11(7-8-12(18)19)9-10-16-13(20)17-15(4,5)6/h11H,7-10H2,1-6H3,(H,18,19)(H2,16,17,20). The van der Waals surface area contributed by atoms with Crippen molar-refractivity contribution in [1.82, 2.24) is 10.6 Å². The summed E-state index contributed by atoms with van der Waals surface area (Å²) in [5, 5.41) is 14.5. The van der Waals surface area contributed by atoms with Crippen molar-refractivity contribution >= 4 is 12.0 Å². The van der Waals surface area contributed by atoms with Crippen molar-refractivity contribution in [3.05, 3.63) is 0 Å². The minimum atomic E-state index is -0.766. The Morgan fingerprint density at radius 1 is 1.05 bits per heavy atom. The molecule has 3 N–H and O–H groups in total. The summed E-state index contributed by atoms with van der Waals surface area (Å²) >= 11 is 0. The highest BCUT2D eigenvalue weighted by Crippen LogP contribution is 2.32. The molecular weight excluding hydrogens is 256 g/mol. The van der Waals surface area contributed by atoms with Gasteiger partial charge in [0, 0.05) is 18.5 Å². The lowest BCUT2D eigenvalue weighted by atomic mass is 9.76. The zero-order valence-corrected chi connectivity index (χ0v) is 13.7. The molecule has 0 saturated carbocycles. The first-order chi connectivity index (χ1) is 8.92. The number of carbonyl (C=O) groups is 2. The van der Waals surface area contributed by atoms with E-state index in [-0.39, 0.29) is 29.3 Å². The lowest BCUT2D eigenvalue weighted by molar-refractivity contribution is -0.137. The summed E-state index contributed by atoms with van der Waals surface area (Å²) in [5.74, 6) is -0.494. The topological polar surface area (TPSA) is 78.4 Å². The third kappa shape index (κ3) is 9.64. The van der Waals surface area contributed by atoms with E-state index < -0.39 is 5.97 Å². The van der Waals surface area contributed by atoms with Crippen LogP contribution < -0.4 is 10.6 Å². The first kappa shape index (κ1) is 18.7. The van der Waals surface area contributed by atoms with Crippen LogP contribution in [-0.2, 0) is 4.79 Å². The summed E-state index contributed by atoms with van der Waals surface area (Å²) in [6.45, 7) is 12.7. The average molecular weight is 286 g/mol. The van der Waals surface area contributed by atoms with Gasteiger partial charge in [-0.25, -0.2) is 4.79 Å². The highest BCUT2D eigenvalue weighted by molar-refractivity contribution is 5.74. The molecule has 0 aliphatic carbocycles. The molecule has 118 valence electrons. The normalized spacial score (nSPS) is 13.7. The summed E-state index contributed by atoms with van der Waals surface area (Å²) in [5.41, 5.74) is -0.214. The Morgan fingerprint density at radius 2 is 1.60 bits per heavy atom. The van der Waals surface area contributed by atoms with Crippen LogP contribution in [0.3, 0.4) is 0 Å². The molecule has 0 rings (SSSR count). The first-order valence-corrected chi connectivity index (χ1v) is 7.19. The van der Waals surface area contributed by atoms with E-state index in [4.69, 9.17) is 5.11 Å². The molecule has 2 amide bonds. The number of hydrogen-bond donors (Lipinski definition) is 3. The van der Waals surface area contributed by atoms with Crippen LogP contribution in [0.25, 0.3) is 0 Å². The van der Waals surface area contributed by atoms with Crippen LogP contribution in [0.5, 0.6) is 0 Å². The first-order valence-electron chi connectivity index (χ1n) is 7.19. The van der Waals surface area contributed by atoms with Crippen molar-refractivity contribution in [1.29, 1.82) is 0 Å². The number of rotatable bonds is 6. The summed E-state index contributed by atoms with van der Waals surface area (Å²) in [7, 11) is 0. The highest BCUT2D eigenvalue weighted by Gasteiger charge is 2.25. The van der Waals surface area contributed by atoms with Crippen LogP contribution in [0, 0.1) is 11.3 Å². The van der Waals surface area contributed by atoms with E-state index in [2.05, 4.69) is 31.4 Å². The van der Waals surface area contributed by atoms with Gasteiger partial charge in [-0.1, -0.05) is 20.8 Å². The van der Waals surface area contributed by atoms with E-state index in [1.165, 1.54) is 0 Å². The molecule has 5 nitrogen and oxygen atoms in total. The SMILES string of the molecule is CC(C)(C)NC(=O)NCCC(CCC(=O)O)C(C)(C)C. The van der Waals surface area contributed by atoms with Gasteiger partial charge in [-0.15, -0.1) is 0 Å². The smallest absolute Gasteiger partial charge is 0.315 e. The number of carboxylic acids is 1. The lowest BCUT2D eigenvalue weighted by Crippen LogP contribution is -2.47. The maximum atomic E-state index is 11.6. The molecule has 0 saturated heterocycles. The predicted molar refractivity (Wildman–Crippen MR) is 80.7 cm³/mol. The van der Waals surface area contributed by atoms with E-state index in [1.54, 1.807) is 0 Å². The van der Waals surface area contributed by atoms with Crippen molar-refractivity contribution in [2.75, 3.05) is 6.54 Å². The molecule has 0 aliphatic rings. The minimum absolute atomic E-state index is 0.0393. The summed E-state index contributed by atoms with van der Waals surface area (Å²) in [6.07, 6.45) is 1.60. The molecule has 0 bridgehead atoms. The van der Waals surface area contributed by atoms with Gasteiger partial charge in [0.05, 0.1) is 0 Å². The Hall–Kier alpha value is -1.26. The number of amides is 2. The van der Waals surface area contributed by atoms with E-state index in [9.17, 15) is 9.59 Å². The van der Waals surface area contributed by atoms with Crippen LogP contribution in [0.1, 0.15) is 60.8 Å². The van der Waals surface area contributed by atoms with E-state index in [1.807, 2.05) is 20.8 Å². The van der Waals surface area contributed by atoms with Gasteiger partial charge in [0.25, 0.3) is 0 Å². The van der Waals surface area contributed by atoms with Crippen molar-refractivity contribution < 1.29 is 14.7 Å². The van der Waals surface area contributed by atoms with Crippen LogP contribution >= 0.6 is 0 Å². The zero-order chi connectivity index (χ0) is 16.0. The molecule has 0 aromatic heterocycles. The Bertz CT molecular complexity index is 327. The molecule has 0 heterocycles. The van der Waals surface area contributed by atoms with Crippen LogP contribution in [0.15, 0.2) is 0 Å². The fourth-order valence-corrected chi connectivity index (χ4v) is 2.05. The number of carboxylic acid groups (broad SMARTS) is 1. The van der Waals surface area contributed by atoms with E-state index in [0.29, 0.717) is 13.0 Å². The third-order valence-corrected chi connectivity index (χ3v) is 3.20. The Morgan fingerprint density at radius 3 is 2.00 bits per heavy atom. The van der Waals surface area contributed by atoms with Crippen molar-refractivity contribution in [3.8, 4) is 0 Å². The summed E-state index contributed by atoms with van der Waals surface area (Å²) in [6, 6.07) is -0.177. The lowest BCUT2D eigenvalue weighted by Gasteiger charge is -2.31. The molecule has 5 heteroatoms. The second-order valence-electron chi connectivity index (χ2n) is 7.41. The largest absolute Gasteiger partial charge is 0.481 e. The Balaban J connectivity index is 4.21. The minimum Gasteiger partial charge on any atom is -0.481 e. The molecule has 1 unspecified atom stereocenters. The van der Waals surface area contributed by atoms with Gasteiger partial charge >= 0.3 is 12.0 Å². The number of aliphatic carboxylic acids is 1. The molecule has 0 spiro atoms. The van der Waals surface area contributed by atoms with Gasteiger partial charge in [-0.05, 0) is 44.9 Å². The van der Waals surface area contributed by atoms with Crippen LogP contribution in [0.2, 0.25) is 0 Å². The van der Waals surface area contributed by atoms with Gasteiger partial charge in [0.2, 0.25) is 0 Å². The van der Waals surface area contributed by atoms with Gasteiger partial charge in [0.15, 0.2) is 0 Å². The molecule has 0 fully saturated rings.